The van der Waals surface area contributed by atoms with Gasteiger partial charge in [-0.1, -0.05) is 50.3 Å². The maximum absolute atomic E-state index is 13.9. The second-order valence-electron chi connectivity index (χ2n) is 12.7. The fraction of sp³-hybridized carbons (Fsp3) is 0.516. The first-order valence-electron chi connectivity index (χ1n) is 14.7. The molecule has 10 heteroatoms. The molecule has 1 aliphatic carbocycles. The Labute approximate surface area is 240 Å². The highest BCUT2D eigenvalue weighted by Crippen LogP contribution is 2.40. The number of amides is 2. The molecule has 4 heterocycles. The molecule has 41 heavy (non-hydrogen) atoms. The molecule has 6 rings (SSSR count). The number of para-hydroxylation sites is 1. The molecule has 216 valence electrons. The van der Waals surface area contributed by atoms with Gasteiger partial charge in [-0.2, -0.15) is 0 Å². The summed E-state index contributed by atoms with van der Waals surface area (Å²) in [6.07, 6.45) is 7.43. The van der Waals surface area contributed by atoms with Crippen LogP contribution in [0.5, 0.6) is 0 Å². The number of carbonyl (C=O) groups excluding carboxylic acids is 2. The zero-order chi connectivity index (χ0) is 28.7. The Morgan fingerprint density at radius 2 is 1.95 bits per heavy atom. The summed E-state index contributed by atoms with van der Waals surface area (Å²) in [5.74, 6) is 0.794. The number of β-amino-alcohol motifs (C(OH)–C–C–N with tert-alkyl or cyclic N) is 1. The lowest BCUT2D eigenvalue weighted by atomic mass is 9.85. The molecular weight excluding hydrogens is 518 g/mol. The Hall–Kier alpha value is -3.79. The Balaban J connectivity index is 1.12. The van der Waals surface area contributed by atoms with Gasteiger partial charge in [-0.15, -0.1) is 5.10 Å². The summed E-state index contributed by atoms with van der Waals surface area (Å²) in [6.45, 7) is 7.26. The Kier molecular flexibility index (Phi) is 7.27. The van der Waals surface area contributed by atoms with Crippen LogP contribution in [0.4, 0.5) is 11.5 Å². The molecule has 2 N–H and O–H groups in total. The largest absolute Gasteiger partial charge is 0.391 e. The van der Waals surface area contributed by atoms with Gasteiger partial charge in [0.25, 0.3) is 0 Å². The number of nitrogens with zero attached hydrogens (tertiary/aromatic N) is 6. The average molecular weight is 558 g/mol. The molecule has 3 aliphatic rings. The SMILES string of the molecule is CC(C)(C)[C@@H](C(=O)N1C[C@H](O)C[C@H]1C(=O)NCc1ccc(N2CCCc3ccccc32)nc1)n1cc(C2CC2)nn1. The van der Waals surface area contributed by atoms with Crippen LogP contribution in [0.3, 0.4) is 0 Å². The van der Waals surface area contributed by atoms with E-state index in [1.807, 2.05) is 39.1 Å². The molecule has 1 aromatic carbocycles. The maximum atomic E-state index is 13.9. The number of aliphatic hydroxyl groups excluding tert-OH is 1. The first kappa shape index (κ1) is 27.4. The van der Waals surface area contributed by atoms with Crippen LogP contribution in [0.1, 0.15) is 75.2 Å². The number of hydrogen-bond acceptors (Lipinski definition) is 7. The van der Waals surface area contributed by atoms with E-state index in [4.69, 9.17) is 0 Å². The van der Waals surface area contributed by atoms with Gasteiger partial charge in [-0.3, -0.25) is 9.59 Å². The van der Waals surface area contributed by atoms with Crippen molar-refractivity contribution >= 4 is 23.3 Å². The standard InChI is InChI=1S/C31H39N7O3/c1-31(2,3)28(38-19-24(34-35-38)21-11-12-21)30(41)37-18-23(39)15-26(37)29(40)33-17-20-10-13-27(32-16-20)36-14-6-8-22-7-4-5-9-25(22)36/h4-5,7,9-10,13,16,19,21,23,26,28,39H,6,8,11-12,14-15,17-18H2,1-3H3,(H,33,40)/t23-,26+,28-/m1/s1. The normalized spacial score (nSPS) is 21.5. The van der Waals surface area contributed by atoms with Gasteiger partial charge in [0.05, 0.1) is 11.8 Å². The van der Waals surface area contributed by atoms with Crippen LogP contribution in [-0.2, 0) is 22.6 Å². The third-order valence-electron chi connectivity index (χ3n) is 8.37. The van der Waals surface area contributed by atoms with Gasteiger partial charge in [0.1, 0.15) is 17.9 Å². The van der Waals surface area contributed by atoms with E-state index in [0.717, 1.165) is 49.3 Å². The fourth-order valence-electron chi connectivity index (χ4n) is 6.09. The second-order valence-corrected chi connectivity index (χ2v) is 12.7. The molecule has 3 aromatic rings. The van der Waals surface area contributed by atoms with Crippen LogP contribution in [0.25, 0.3) is 0 Å². The predicted octanol–water partition coefficient (Wildman–Crippen LogP) is 3.50. The molecule has 1 saturated carbocycles. The van der Waals surface area contributed by atoms with Crippen LogP contribution in [0.15, 0.2) is 48.8 Å². The van der Waals surface area contributed by atoms with Crippen molar-refractivity contribution in [1.82, 2.24) is 30.2 Å². The molecule has 2 amide bonds. The smallest absolute Gasteiger partial charge is 0.248 e. The quantitative estimate of drug-likeness (QED) is 0.457. The zero-order valence-corrected chi connectivity index (χ0v) is 24.0. The number of carbonyl (C=O) groups is 2. The number of aliphatic hydroxyl groups is 1. The van der Waals surface area contributed by atoms with E-state index < -0.39 is 23.6 Å². The Bertz CT molecular complexity index is 1410. The Morgan fingerprint density at radius 3 is 2.68 bits per heavy atom. The van der Waals surface area contributed by atoms with E-state index in [0.29, 0.717) is 5.92 Å². The van der Waals surface area contributed by atoms with Crippen molar-refractivity contribution in [3.05, 3.63) is 65.6 Å². The van der Waals surface area contributed by atoms with Crippen LogP contribution in [0, 0.1) is 5.41 Å². The van der Waals surface area contributed by atoms with E-state index in [1.54, 1.807) is 10.9 Å². The lowest BCUT2D eigenvalue weighted by Crippen LogP contribution is -2.50. The van der Waals surface area contributed by atoms with Crippen molar-refractivity contribution in [2.45, 2.75) is 83.5 Å². The van der Waals surface area contributed by atoms with Crippen molar-refractivity contribution in [3.8, 4) is 0 Å². The summed E-state index contributed by atoms with van der Waals surface area (Å²) < 4.78 is 1.64. The summed E-state index contributed by atoms with van der Waals surface area (Å²) in [6, 6.07) is 11.0. The van der Waals surface area contributed by atoms with E-state index >= 15 is 0 Å². The monoisotopic (exact) mass is 557 g/mol. The van der Waals surface area contributed by atoms with Crippen LogP contribution in [0.2, 0.25) is 0 Å². The molecule has 2 aliphatic heterocycles. The highest BCUT2D eigenvalue weighted by molar-refractivity contribution is 5.90. The van der Waals surface area contributed by atoms with Crippen molar-refractivity contribution in [2.75, 3.05) is 18.0 Å². The van der Waals surface area contributed by atoms with Crippen molar-refractivity contribution in [2.24, 2.45) is 5.41 Å². The minimum Gasteiger partial charge on any atom is -0.391 e. The third-order valence-corrected chi connectivity index (χ3v) is 8.37. The van der Waals surface area contributed by atoms with E-state index in [-0.39, 0.29) is 31.3 Å². The molecule has 0 unspecified atom stereocenters. The maximum Gasteiger partial charge on any atom is 0.248 e. The van der Waals surface area contributed by atoms with Gasteiger partial charge in [-0.05, 0) is 54.4 Å². The number of hydrogen-bond donors (Lipinski definition) is 2. The molecule has 2 aromatic heterocycles. The summed E-state index contributed by atoms with van der Waals surface area (Å²) in [7, 11) is 0. The zero-order valence-electron chi connectivity index (χ0n) is 24.0. The van der Waals surface area contributed by atoms with Crippen LogP contribution < -0.4 is 10.2 Å². The number of benzene rings is 1. The van der Waals surface area contributed by atoms with Crippen LogP contribution >= 0.6 is 0 Å². The fourth-order valence-corrected chi connectivity index (χ4v) is 6.09. The highest BCUT2D eigenvalue weighted by Gasteiger charge is 2.45. The lowest BCUT2D eigenvalue weighted by Gasteiger charge is -2.34. The molecule has 0 radical (unpaired) electrons. The van der Waals surface area contributed by atoms with Gasteiger partial charge in [0.15, 0.2) is 0 Å². The van der Waals surface area contributed by atoms with Gasteiger partial charge < -0.3 is 20.2 Å². The molecule has 2 fully saturated rings. The van der Waals surface area contributed by atoms with Gasteiger partial charge >= 0.3 is 0 Å². The Morgan fingerprint density at radius 1 is 1.15 bits per heavy atom. The number of rotatable bonds is 7. The van der Waals surface area contributed by atoms with Crippen molar-refractivity contribution in [1.29, 1.82) is 0 Å². The third kappa shape index (κ3) is 5.70. The molecule has 1 saturated heterocycles. The molecule has 0 spiro atoms. The van der Waals surface area contributed by atoms with Gasteiger partial charge in [0.2, 0.25) is 11.8 Å². The number of likely N-dealkylation sites (tertiary alicyclic amines) is 1. The van der Waals surface area contributed by atoms with E-state index in [2.05, 4.69) is 49.8 Å². The average Bonchev–Trinajstić information content (AvgIpc) is 3.57. The summed E-state index contributed by atoms with van der Waals surface area (Å²) in [5.41, 5.74) is 3.83. The van der Waals surface area contributed by atoms with E-state index in [9.17, 15) is 14.7 Å². The summed E-state index contributed by atoms with van der Waals surface area (Å²) in [5, 5.41) is 22.1. The van der Waals surface area contributed by atoms with Crippen molar-refractivity contribution < 1.29 is 14.7 Å². The second kappa shape index (κ2) is 10.9. The predicted molar refractivity (Wildman–Crippen MR) is 154 cm³/mol. The minimum absolute atomic E-state index is 0.112. The number of aromatic nitrogens is 4. The molecule has 0 bridgehead atoms. The number of pyridine rings is 1. The molecular formula is C31H39N7O3. The molecule has 3 atom stereocenters. The van der Waals surface area contributed by atoms with Crippen molar-refractivity contribution in [3.63, 3.8) is 0 Å². The topological polar surface area (TPSA) is 116 Å². The minimum atomic E-state index is -0.763. The first-order chi connectivity index (χ1) is 19.7. The summed E-state index contributed by atoms with van der Waals surface area (Å²) >= 11 is 0. The number of fused-ring (bicyclic) bond motifs is 1. The number of anilines is 2. The lowest BCUT2D eigenvalue weighted by molar-refractivity contribution is -0.144. The van der Waals surface area contributed by atoms with Gasteiger partial charge in [-0.25, -0.2) is 9.67 Å². The molecule has 10 nitrogen and oxygen atoms in total. The van der Waals surface area contributed by atoms with Crippen LogP contribution in [-0.4, -0.2) is 67.0 Å². The number of aryl methyl sites for hydroxylation is 1. The van der Waals surface area contributed by atoms with E-state index in [1.165, 1.54) is 16.2 Å². The van der Waals surface area contributed by atoms with Gasteiger partial charge in [0, 0.05) is 50.1 Å². The number of nitrogens with one attached hydrogen (secondary N) is 1. The highest BCUT2D eigenvalue weighted by atomic mass is 16.3. The first-order valence-corrected chi connectivity index (χ1v) is 14.7. The summed E-state index contributed by atoms with van der Waals surface area (Å²) in [4.78, 5) is 35.7.